The van der Waals surface area contributed by atoms with Gasteiger partial charge in [0, 0.05) is 32.4 Å². The zero-order valence-corrected chi connectivity index (χ0v) is 44.3. The molecule has 1 unspecified atom stereocenters. The van der Waals surface area contributed by atoms with Gasteiger partial charge in [0.1, 0.15) is 32.5 Å². The number of nitrogens with one attached hydrogen (secondary N) is 1. The standard InChI is InChI=1S/C55H104N2O10/c1-7-13-17-21-25-29-34-48(35-30-26-22-18-14-8-2)44-54(61)63-43-40-52(59)65-46-49(47-66-55(62)56-41-42-57(11-5)12-6)45-64-51(58)38-33-39-53(60)67-50(36-31-27-23-19-15-9-3)37-32-28-24-20-16-10-4/h48-50H,7-47H2,1-6H3,(H,56,62). The summed E-state index contributed by atoms with van der Waals surface area (Å²) < 4.78 is 28.0. The molecule has 0 spiro atoms. The summed E-state index contributed by atoms with van der Waals surface area (Å²) in [6, 6.07) is 0. The lowest BCUT2D eigenvalue weighted by molar-refractivity contribution is -0.152. The second-order valence-corrected chi connectivity index (χ2v) is 19.0. The summed E-state index contributed by atoms with van der Waals surface area (Å²) in [6.07, 6.45) is 32.7. The molecule has 0 saturated carbocycles. The van der Waals surface area contributed by atoms with Gasteiger partial charge in [0.15, 0.2) is 0 Å². The fourth-order valence-electron chi connectivity index (χ4n) is 8.32. The molecule has 0 aromatic carbocycles. The number of nitrogens with zero attached hydrogens (tertiary/aromatic N) is 1. The summed E-state index contributed by atoms with van der Waals surface area (Å²) in [4.78, 5) is 66.1. The van der Waals surface area contributed by atoms with Gasteiger partial charge in [0.25, 0.3) is 0 Å². The number of hydrogen-bond acceptors (Lipinski definition) is 11. The molecule has 12 nitrogen and oxygen atoms in total. The lowest BCUT2D eigenvalue weighted by Gasteiger charge is -2.19. The van der Waals surface area contributed by atoms with Gasteiger partial charge in [-0.2, -0.15) is 0 Å². The lowest BCUT2D eigenvalue weighted by atomic mass is 9.91. The Morgan fingerprint density at radius 3 is 1.31 bits per heavy atom. The Morgan fingerprint density at radius 1 is 0.418 bits per heavy atom. The molecule has 0 aromatic rings. The van der Waals surface area contributed by atoms with Crippen molar-refractivity contribution in [2.45, 2.75) is 260 Å². The Morgan fingerprint density at radius 2 is 0.836 bits per heavy atom. The van der Waals surface area contributed by atoms with Crippen LogP contribution in [0.3, 0.4) is 0 Å². The van der Waals surface area contributed by atoms with Crippen LogP contribution in [0, 0.1) is 11.8 Å². The Hall–Kier alpha value is -2.89. The van der Waals surface area contributed by atoms with Gasteiger partial charge < -0.3 is 33.9 Å². The van der Waals surface area contributed by atoms with Crippen molar-refractivity contribution in [1.29, 1.82) is 0 Å². The monoisotopic (exact) mass is 953 g/mol. The number of rotatable bonds is 49. The van der Waals surface area contributed by atoms with Gasteiger partial charge in [-0.3, -0.25) is 19.2 Å². The van der Waals surface area contributed by atoms with Crippen LogP contribution in [0.1, 0.15) is 253 Å². The van der Waals surface area contributed by atoms with Crippen LogP contribution in [0.4, 0.5) is 4.79 Å². The predicted octanol–water partition coefficient (Wildman–Crippen LogP) is 13.8. The van der Waals surface area contributed by atoms with Gasteiger partial charge in [-0.05, 0) is 64.0 Å². The summed E-state index contributed by atoms with van der Waals surface area (Å²) in [5.74, 6) is -1.96. The first-order chi connectivity index (χ1) is 32.6. The first-order valence-corrected chi connectivity index (χ1v) is 27.9. The van der Waals surface area contributed by atoms with Crippen molar-refractivity contribution >= 4 is 30.0 Å². The second-order valence-electron chi connectivity index (χ2n) is 19.0. The summed E-state index contributed by atoms with van der Waals surface area (Å²) in [7, 11) is 0. The molecule has 67 heavy (non-hydrogen) atoms. The molecule has 1 N–H and O–H groups in total. The van der Waals surface area contributed by atoms with Gasteiger partial charge >= 0.3 is 30.0 Å². The Labute approximate surface area is 410 Å². The van der Waals surface area contributed by atoms with Crippen molar-refractivity contribution in [2.24, 2.45) is 11.8 Å². The molecule has 0 radical (unpaired) electrons. The van der Waals surface area contributed by atoms with Crippen molar-refractivity contribution in [3.05, 3.63) is 0 Å². The zero-order valence-electron chi connectivity index (χ0n) is 44.3. The number of ether oxygens (including phenoxy) is 5. The first kappa shape index (κ1) is 64.1. The van der Waals surface area contributed by atoms with Crippen LogP contribution in [-0.4, -0.2) is 93.6 Å². The molecule has 0 aliphatic carbocycles. The SMILES string of the molecule is CCCCCCCCC(CCCCCCCC)CC(=O)OCCC(=O)OCC(COC(=O)CCCC(=O)OC(CCCCCCCC)CCCCCCCC)COC(=O)NCCN(CC)CC. The van der Waals surface area contributed by atoms with E-state index in [1.165, 1.54) is 116 Å². The van der Waals surface area contributed by atoms with E-state index in [0.717, 1.165) is 77.3 Å². The van der Waals surface area contributed by atoms with Crippen LogP contribution in [-0.2, 0) is 42.9 Å². The Bertz CT molecular complexity index is 1080. The molecule has 0 saturated heterocycles. The number of carbonyl (C=O) groups is 5. The van der Waals surface area contributed by atoms with E-state index in [4.69, 9.17) is 23.7 Å². The van der Waals surface area contributed by atoms with Crippen molar-refractivity contribution < 1.29 is 47.7 Å². The Kier molecular flexibility index (Phi) is 46.1. The molecule has 394 valence electrons. The van der Waals surface area contributed by atoms with Gasteiger partial charge in [-0.25, -0.2) is 4.79 Å². The van der Waals surface area contributed by atoms with E-state index in [0.29, 0.717) is 25.9 Å². The quantitative estimate of drug-likeness (QED) is 0.0353. The number of amides is 1. The minimum Gasteiger partial charge on any atom is -0.465 e. The van der Waals surface area contributed by atoms with Gasteiger partial charge in [-0.15, -0.1) is 0 Å². The van der Waals surface area contributed by atoms with Crippen molar-refractivity contribution in [1.82, 2.24) is 10.2 Å². The zero-order chi connectivity index (χ0) is 49.4. The van der Waals surface area contributed by atoms with Crippen molar-refractivity contribution in [2.75, 3.05) is 52.6 Å². The fraction of sp³-hybridized carbons (Fsp3) is 0.909. The minimum absolute atomic E-state index is 0.0258. The number of unbranched alkanes of at least 4 members (excludes halogenated alkanes) is 20. The molecule has 0 bridgehead atoms. The highest BCUT2D eigenvalue weighted by molar-refractivity contribution is 5.73. The van der Waals surface area contributed by atoms with Crippen LogP contribution in [0.25, 0.3) is 0 Å². The number of alkyl carbamates (subject to hydrolysis) is 1. The van der Waals surface area contributed by atoms with E-state index in [1.54, 1.807) is 0 Å². The molecule has 1 amide bonds. The largest absolute Gasteiger partial charge is 0.465 e. The van der Waals surface area contributed by atoms with Crippen LogP contribution in [0.2, 0.25) is 0 Å². The summed E-state index contributed by atoms with van der Waals surface area (Å²) in [6.45, 7) is 15.3. The maximum atomic E-state index is 12.9. The molecule has 0 rings (SSSR count). The average molecular weight is 953 g/mol. The summed E-state index contributed by atoms with van der Waals surface area (Å²) >= 11 is 0. The average Bonchev–Trinajstić information content (AvgIpc) is 3.31. The number of esters is 4. The topological polar surface area (TPSA) is 147 Å². The molecule has 12 heteroatoms. The molecule has 0 fully saturated rings. The Balaban J connectivity index is 5.12. The highest BCUT2D eigenvalue weighted by Gasteiger charge is 2.20. The van der Waals surface area contributed by atoms with E-state index in [2.05, 4.69) is 51.8 Å². The number of likely N-dealkylation sites (N-methyl/N-ethyl adjacent to an activating group) is 1. The maximum absolute atomic E-state index is 12.9. The van der Waals surface area contributed by atoms with Crippen LogP contribution >= 0.6 is 0 Å². The highest BCUT2D eigenvalue weighted by Crippen LogP contribution is 2.23. The van der Waals surface area contributed by atoms with Gasteiger partial charge in [0.05, 0.1) is 12.3 Å². The molecular formula is C55H104N2O10. The molecule has 1 atom stereocenters. The summed E-state index contributed by atoms with van der Waals surface area (Å²) in [5.41, 5.74) is 0. The predicted molar refractivity (Wildman–Crippen MR) is 272 cm³/mol. The van der Waals surface area contributed by atoms with Crippen LogP contribution < -0.4 is 5.32 Å². The van der Waals surface area contributed by atoms with E-state index >= 15 is 0 Å². The first-order valence-electron chi connectivity index (χ1n) is 27.9. The molecular weight excluding hydrogens is 849 g/mol. The lowest BCUT2D eigenvalue weighted by Crippen LogP contribution is -2.36. The highest BCUT2D eigenvalue weighted by atomic mass is 16.6. The van der Waals surface area contributed by atoms with E-state index in [9.17, 15) is 24.0 Å². The summed E-state index contributed by atoms with van der Waals surface area (Å²) in [5, 5.41) is 2.74. The molecule has 0 aliphatic rings. The smallest absolute Gasteiger partial charge is 0.407 e. The molecule has 0 aromatic heterocycles. The third kappa shape index (κ3) is 42.9. The van der Waals surface area contributed by atoms with E-state index < -0.39 is 23.9 Å². The third-order valence-electron chi connectivity index (χ3n) is 12.8. The van der Waals surface area contributed by atoms with Crippen LogP contribution in [0.5, 0.6) is 0 Å². The van der Waals surface area contributed by atoms with E-state index in [-0.39, 0.29) is 69.7 Å². The molecule has 0 heterocycles. The van der Waals surface area contributed by atoms with Crippen molar-refractivity contribution in [3.63, 3.8) is 0 Å². The van der Waals surface area contributed by atoms with Gasteiger partial charge in [-0.1, -0.05) is 183 Å². The van der Waals surface area contributed by atoms with E-state index in [1.807, 2.05) is 0 Å². The number of carbonyl (C=O) groups excluding carboxylic acids is 5. The molecule has 0 aliphatic heterocycles. The van der Waals surface area contributed by atoms with Crippen molar-refractivity contribution in [3.8, 4) is 0 Å². The van der Waals surface area contributed by atoms with Crippen LogP contribution in [0.15, 0.2) is 0 Å². The third-order valence-corrected chi connectivity index (χ3v) is 12.8. The fourth-order valence-corrected chi connectivity index (χ4v) is 8.32. The normalized spacial score (nSPS) is 11.8. The second kappa shape index (κ2) is 48.1. The minimum atomic E-state index is -0.622. The number of hydrogen-bond donors (Lipinski definition) is 1. The van der Waals surface area contributed by atoms with Gasteiger partial charge in [0.2, 0.25) is 0 Å². The maximum Gasteiger partial charge on any atom is 0.407 e.